The number of rotatable bonds is 5. The van der Waals surface area contributed by atoms with Crippen LogP contribution in [0.1, 0.15) is 24.1 Å². The summed E-state index contributed by atoms with van der Waals surface area (Å²) in [5.41, 5.74) is 2.71. The van der Waals surface area contributed by atoms with Crippen molar-refractivity contribution in [2.45, 2.75) is 19.4 Å². The van der Waals surface area contributed by atoms with Crippen molar-refractivity contribution in [3.05, 3.63) is 65.5 Å². The summed E-state index contributed by atoms with van der Waals surface area (Å²) in [5.74, 6) is -0.413. The van der Waals surface area contributed by atoms with E-state index in [1.807, 2.05) is 31.3 Å². The smallest absolute Gasteiger partial charge is 0.228 e. The fourth-order valence-corrected chi connectivity index (χ4v) is 2.01. The highest BCUT2D eigenvalue weighted by molar-refractivity contribution is 5.92. The average Bonchev–Trinajstić information content (AvgIpc) is 2.49. The van der Waals surface area contributed by atoms with Crippen LogP contribution in [-0.4, -0.2) is 13.0 Å². The lowest BCUT2D eigenvalue weighted by molar-refractivity contribution is -0.115. The van der Waals surface area contributed by atoms with Crippen molar-refractivity contribution in [2.75, 3.05) is 12.4 Å². The fraction of sp³-hybridized carbons (Fsp3) is 0.235. The van der Waals surface area contributed by atoms with Gasteiger partial charge in [-0.05, 0) is 49.4 Å². The summed E-state index contributed by atoms with van der Waals surface area (Å²) >= 11 is 0. The second-order valence-electron chi connectivity index (χ2n) is 4.98. The summed E-state index contributed by atoms with van der Waals surface area (Å²) in [6, 6.07) is 13.9. The zero-order valence-corrected chi connectivity index (χ0v) is 12.2. The molecule has 0 saturated heterocycles. The Morgan fingerprint density at radius 1 is 1.10 bits per heavy atom. The maximum atomic E-state index is 12.8. The number of hydrogen-bond donors (Lipinski definition) is 2. The van der Waals surface area contributed by atoms with E-state index >= 15 is 0 Å². The molecule has 2 rings (SSSR count). The molecule has 1 atom stereocenters. The highest BCUT2D eigenvalue weighted by Gasteiger charge is 2.06. The van der Waals surface area contributed by atoms with Gasteiger partial charge < -0.3 is 10.6 Å². The maximum absolute atomic E-state index is 12.8. The van der Waals surface area contributed by atoms with Crippen LogP contribution in [0.2, 0.25) is 0 Å². The summed E-state index contributed by atoms with van der Waals surface area (Å²) in [6.45, 7) is 2.07. The molecule has 110 valence electrons. The average molecular weight is 286 g/mol. The van der Waals surface area contributed by atoms with Gasteiger partial charge in [-0.1, -0.05) is 24.3 Å². The second-order valence-corrected chi connectivity index (χ2v) is 4.98. The van der Waals surface area contributed by atoms with E-state index in [0.29, 0.717) is 0 Å². The molecule has 0 heterocycles. The molecule has 0 fully saturated rings. The minimum Gasteiger partial charge on any atom is -0.326 e. The summed E-state index contributed by atoms with van der Waals surface area (Å²) in [4.78, 5) is 11.9. The van der Waals surface area contributed by atoms with Crippen molar-refractivity contribution in [3.63, 3.8) is 0 Å². The molecule has 3 nitrogen and oxygen atoms in total. The lowest BCUT2D eigenvalue weighted by atomic mass is 10.1. The molecule has 0 aliphatic carbocycles. The Kier molecular flexibility index (Phi) is 5.06. The third-order valence-electron chi connectivity index (χ3n) is 3.41. The predicted molar refractivity (Wildman–Crippen MR) is 82.7 cm³/mol. The van der Waals surface area contributed by atoms with Crippen molar-refractivity contribution >= 4 is 11.6 Å². The number of nitrogens with one attached hydrogen (secondary N) is 2. The largest absolute Gasteiger partial charge is 0.326 e. The molecule has 0 spiro atoms. The SMILES string of the molecule is CNC(C)c1ccc(NC(=O)Cc2ccc(F)cc2)cc1. The van der Waals surface area contributed by atoms with Crippen LogP contribution in [0.3, 0.4) is 0 Å². The molecular formula is C17H19FN2O. The quantitative estimate of drug-likeness (QED) is 0.885. The predicted octanol–water partition coefficient (Wildman–Crippen LogP) is 3.29. The number of carbonyl (C=O) groups is 1. The normalized spacial score (nSPS) is 12.0. The standard InChI is InChI=1S/C17H19FN2O/c1-12(19-2)14-5-9-16(10-6-14)20-17(21)11-13-3-7-15(18)8-4-13/h3-10,12,19H,11H2,1-2H3,(H,20,21). The van der Waals surface area contributed by atoms with Gasteiger partial charge in [0.05, 0.1) is 6.42 Å². The summed E-state index contributed by atoms with van der Waals surface area (Å²) in [6.07, 6.45) is 0.231. The molecule has 0 bridgehead atoms. The third kappa shape index (κ3) is 4.39. The van der Waals surface area contributed by atoms with Crippen molar-refractivity contribution in [1.29, 1.82) is 0 Å². The third-order valence-corrected chi connectivity index (χ3v) is 3.41. The molecule has 21 heavy (non-hydrogen) atoms. The number of hydrogen-bond acceptors (Lipinski definition) is 2. The van der Waals surface area contributed by atoms with Crippen LogP contribution in [0.4, 0.5) is 10.1 Å². The van der Waals surface area contributed by atoms with Crippen LogP contribution in [0.25, 0.3) is 0 Å². The number of benzene rings is 2. The Balaban J connectivity index is 1.94. The minimum absolute atomic E-state index is 0.115. The number of halogens is 1. The van der Waals surface area contributed by atoms with E-state index in [1.54, 1.807) is 12.1 Å². The zero-order valence-electron chi connectivity index (χ0n) is 12.2. The van der Waals surface area contributed by atoms with Crippen molar-refractivity contribution in [1.82, 2.24) is 5.32 Å². The summed E-state index contributed by atoms with van der Waals surface area (Å²) in [7, 11) is 1.91. The van der Waals surface area contributed by atoms with E-state index in [-0.39, 0.29) is 24.2 Å². The highest BCUT2D eigenvalue weighted by atomic mass is 19.1. The van der Waals surface area contributed by atoms with Gasteiger partial charge in [-0.25, -0.2) is 4.39 Å². The summed E-state index contributed by atoms with van der Waals surface area (Å²) in [5, 5.41) is 6.00. The Hall–Kier alpha value is -2.20. The number of amides is 1. The first-order valence-electron chi connectivity index (χ1n) is 6.90. The lowest BCUT2D eigenvalue weighted by Crippen LogP contribution is -2.15. The van der Waals surface area contributed by atoms with Crippen LogP contribution in [0.15, 0.2) is 48.5 Å². The molecule has 2 aromatic carbocycles. The molecule has 0 radical (unpaired) electrons. The molecule has 2 aromatic rings. The monoisotopic (exact) mass is 286 g/mol. The topological polar surface area (TPSA) is 41.1 Å². The van der Waals surface area contributed by atoms with E-state index in [2.05, 4.69) is 17.6 Å². The molecule has 0 aliphatic rings. The fourth-order valence-electron chi connectivity index (χ4n) is 2.01. The number of anilines is 1. The van der Waals surface area contributed by atoms with E-state index in [0.717, 1.165) is 16.8 Å². The Labute approximate surface area is 124 Å². The Morgan fingerprint density at radius 3 is 2.29 bits per heavy atom. The van der Waals surface area contributed by atoms with Gasteiger partial charge in [-0.2, -0.15) is 0 Å². The number of carbonyl (C=O) groups excluding carboxylic acids is 1. The van der Waals surface area contributed by atoms with Gasteiger partial charge in [0.2, 0.25) is 5.91 Å². The van der Waals surface area contributed by atoms with Gasteiger partial charge >= 0.3 is 0 Å². The van der Waals surface area contributed by atoms with Crippen molar-refractivity contribution < 1.29 is 9.18 Å². The molecule has 1 unspecified atom stereocenters. The molecule has 0 saturated carbocycles. The minimum atomic E-state index is -0.298. The van der Waals surface area contributed by atoms with Crippen molar-refractivity contribution in [3.8, 4) is 0 Å². The molecule has 1 amide bonds. The van der Waals surface area contributed by atoms with E-state index < -0.39 is 0 Å². The van der Waals surface area contributed by atoms with E-state index in [4.69, 9.17) is 0 Å². The summed E-state index contributed by atoms with van der Waals surface area (Å²) < 4.78 is 12.8. The Bertz CT molecular complexity index is 593. The second kappa shape index (κ2) is 6.99. The molecular weight excluding hydrogens is 267 g/mol. The van der Waals surface area contributed by atoms with Crippen LogP contribution < -0.4 is 10.6 Å². The van der Waals surface area contributed by atoms with Crippen LogP contribution in [0.5, 0.6) is 0 Å². The molecule has 0 aromatic heterocycles. The maximum Gasteiger partial charge on any atom is 0.228 e. The van der Waals surface area contributed by atoms with Gasteiger partial charge in [0.25, 0.3) is 0 Å². The van der Waals surface area contributed by atoms with Crippen LogP contribution >= 0.6 is 0 Å². The van der Waals surface area contributed by atoms with Gasteiger partial charge in [-0.3, -0.25) is 4.79 Å². The van der Waals surface area contributed by atoms with Gasteiger partial charge in [0, 0.05) is 11.7 Å². The highest BCUT2D eigenvalue weighted by Crippen LogP contribution is 2.16. The van der Waals surface area contributed by atoms with Gasteiger partial charge in [-0.15, -0.1) is 0 Å². The molecule has 2 N–H and O–H groups in total. The van der Waals surface area contributed by atoms with Crippen LogP contribution in [-0.2, 0) is 11.2 Å². The first kappa shape index (κ1) is 15.2. The Morgan fingerprint density at radius 2 is 1.71 bits per heavy atom. The zero-order chi connectivity index (χ0) is 15.2. The lowest BCUT2D eigenvalue weighted by Gasteiger charge is -2.11. The van der Waals surface area contributed by atoms with E-state index in [1.165, 1.54) is 12.1 Å². The van der Waals surface area contributed by atoms with Gasteiger partial charge in [0.15, 0.2) is 0 Å². The van der Waals surface area contributed by atoms with Gasteiger partial charge in [0.1, 0.15) is 5.82 Å². The first-order chi connectivity index (χ1) is 10.1. The van der Waals surface area contributed by atoms with Crippen LogP contribution in [0, 0.1) is 5.82 Å². The molecule has 4 heteroatoms. The van der Waals surface area contributed by atoms with Crippen molar-refractivity contribution in [2.24, 2.45) is 0 Å². The molecule has 0 aliphatic heterocycles. The first-order valence-corrected chi connectivity index (χ1v) is 6.90. The van der Waals surface area contributed by atoms with E-state index in [9.17, 15) is 9.18 Å².